The minimum absolute atomic E-state index is 0.110. The Hall–Kier alpha value is -8.85. The van der Waals surface area contributed by atoms with E-state index >= 15 is 4.79 Å². The summed E-state index contributed by atoms with van der Waals surface area (Å²) in [6, 6.07) is 18.1. The normalized spacial score (nSPS) is 16.6. The zero-order chi connectivity index (χ0) is 45.6. The highest BCUT2D eigenvalue weighted by atomic mass is 32.1. The van der Waals surface area contributed by atoms with Crippen LogP contribution in [0.25, 0.3) is 66.1 Å². The first kappa shape index (κ1) is 39.3. The van der Waals surface area contributed by atoms with Crippen LogP contribution in [0, 0.1) is 6.07 Å². The number of carbonyl (C=O) groups excluding carboxylic acids is 1. The van der Waals surface area contributed by atoms with Crippen molar-refractivity contribution in [1.82, 2.24) is 44.5 Å². The van der Waals surface area contributed by atoms with Gasteiger partial charge in [-0.1, -0.05) is 4.49 Å². The molecule has 14 rings (SSSR count). The Labute approximate surface area is 392 Å². The summed E-state index contributed by atoms with van der Waals surface area (Å²) in [7, 11) is 0. The second-order valence-corrected chi connectivity index (χ2v) is 16.8. The summed E-state index contributed by atoms with van der Waals surface area (Å²) in [4.78, 5) is 49.4. The van der Waals surface area contributed by atoms with E-state index in [2.05, 4.69) is 35.6 Å². The van der Waals surface area contributed by atoms with Gasteiger partial charge >= 0.3 is 0 Å². The average molecular weight is 940 g/mol. The van der Waals surface area contributed by atoms with E-state index < -0.39 is 12.0 Å². The molecule has 0 saturated carbocycles. The van der Waals surface area contributed by atoms with Crippen molar-refractivity contribution in [1.29, 1.82) is 0 Å². The highest BCUT2D eigenvalue weighted by Crippen LogP contribution is 2.54. The summed E-state index contributed by atoms with van der Waals surface area (Å²) < 4.78 is 59.2. The molecule has 9 aromatic rings. The Morgan fingerprint density at radius 1 is 0.667 bits per heavy atom. The van der Waals surface area contributed by atoms with E-state index in [9.17, 15) is 0 Å². The summed E-state index contributed by atoms with van der Waals surface area (Å²) in [5.41, 5.74) is 7.12. The maximum Gasteiger partial charge on any atom is 0.279 e. The van der Waals surface area contributed by atoms with Gasteiger partial charge in [0, 0.05) is 82.2 Å². The number of aromatic amines is 1. The molecule has 1 unspecified atom stereocenters. The first-order valence-corrected chi connectivity index (χ1v) is 22.6. The molecule has 5 aliphatic rings. The average Bonchev–Trinajstić information content (AvgIpc) is 4.07. The van der Waals surface area contributed by atoms with Crippen LogP contribution in [0.3, 0.4) is 0 Å². The van der Waals surface area contributed by atoms with Crippen molar-refractivity contribution >= 4 is 50.2 Å². The molecule has 339 valence electrons. The van der Waals surface area contributed by atoms with Crippen molar-refractivity contribution in [2.24, 2.45) is 0 Å². The van der Waals surface area contributed by atoms with Gasteiger partial charge in [0.05, 0.1) is 34.5 Å². The van der Waals surface area contributed by atoms with E-state index in [1.807, 2.05) is 24.3 Å². The third-order valence-corrected chi connectivity index (χ3v) is 12.7. The smallest absolute Gasteiger partial charge is 0.279 e. The Balaban J connectivity index is 0.957. The molecular weight excluding hydrogens is 909 g/mol. The fraction of sp³-hybridized carbons (Fsp3) is 0.188. The van der Waals surface area contributed by atoms with Crippen LogP contribution in [0.4, 0.5) is 11.4 Å². The number of ether oxygens (including phenoxy) is 9. The molecule has 5 aliphatic heterocycles. The number of rotatable bonds is 6. The number of amides is 1. The van der Waals surface area contributed by atoms with E-state index in [0.29, 0.717) is 118 Å². The monoisotopic (exact) mass is 939 g/mol. The molecule has 21 heteroatoms. The number of H-pyrrole nitrogens is 1. The second kappa shape index (κ2) is 15.6. The van der Waals surface area contributed by atoms with E-state index in [1.54, 1.807) is 42.9 Å². The van der Waals surface area contributed by atoms with Crippen molar-refractivity contribution < 1.29 is 47.4 Å². The number of nitrogens with one attached hydrogen (secondary N) is 1. The lowest BCUT2D eigenvalue weighted by Gasteiger charge is -2.35. The molecular formula is C48H31N10O10S. The van der Waals surface area contributed by atoms with Gasteiger partial charge in [-0.3, -0.25) is 14.7 Å². The van der Waals surface area contributed by atoms with Gasteiger partial charge in [0.1, 0.15) is 69.7 Å². The highest BCUT2D eigenvalue weighted by molar-refractivity contribution is 7.12. The SMILES string of the molecule is O=C1C(c2cc3c(cn2)OCCO3)Oc2nc[c]c(-c3cnc4c(c3-c3cc(-c5cc6c(-c7cnc8snnc8c7)ccnc6[nH]5)c5c(n3)OCCO5)OCCO4)c2N1c1ccc2c(c1)OCCO2. The fourth-order valence-corrected chi connectivity index (χ4v) is 9.55. The van der Waals surface area contributed by atoms with Crippen molar-refractivity contribution in [3.8, 4) is 96.9 Å². The standard InChI is InChI=1S/C48H31N10O10S/c59-48-41(32-19-36-37(22-51-32)63-10-9-62-36)68-44-39(58(48)24-1-2-34-35(16-24)61-8-7-60-34)26(4-6-50-44)29-21-52-45-42(65-12-13-66-45)38(29)31-18-28(40-46(55-31)67-14-11-64-40)30-17-27-25(3-5-49-43(27)54-30)23-15-33-47(53-20-23)69-57-56-33/h1-3,5-6,15-22,41H,7-14H2,(H,49,54). The Morgan fingerprint density at radius 2 is 1.46 bits per heavy atom. The maximum atomic E-state index is 15.2. The lowest BCUT2D eigenvalue weighted by atomic mass is 9.95. The van der Waals surface area contributed by atoms with E-state index in [1.165, 1.54) is 28.8 Å². The van der Waals surface area contributed by atoms with Gasteiger partial charge in [-0.05, 0) is 42.0 Å². The summed E-state index contributed by atoms with van der Waals surface area (Å²) >= 11 is 1.24. The van der Waals surface area contributed by atoms with Crippen LogP contribution in [0.2, 0.25) is 0 Å². The van der Waals surface area contributed by atoms with Crippen LogP contribution in [-0.2, 0) is 4.79 Å². The third-order valence-electron chi connectivity index (χ3n) is 12.1. The van der Waals surface area contributed by atoms with Crippen LogP contribution in [-0.4, -0.2) is 103 Å². The molecule has 20 nitrogen and oxygen atoms in total. The summed E-state index contributed by atoms with van der Waals surface area (Å²) in [5.74, 6) is 2.81. The molecule has 1 radical (unpaired) electrons. The van der Waals surface area contributed by atoms with E-state index in [4.69, 9.17) is 57.6 Å². The first-order valence-electron chi connectivity index (χ1n) is 21.8. The molecule has 1 amide bonds. The Morgan fingerprint density at radius 3 is 2.36 bits per heavy atom. The summed E-state index contributed by atoms with van der Waals surface area (Å²) in [5, 5.41) is 5.08. The molecule has 0 saturated heterocycles. The Kier molecular flexibility index (Phi) is 8.90. The second-order valence-electron chi connectivity index (χ2n) is 16.1. The van der Waals surface area contributed by atoms with Gasteiger partial charge in [-0.2, -0.15) is 0 Å². The lowest BCUT2D eigenvalue weighted by Crippen LogP contribution is -2.39. The lowest BCUT2D eigenvalue weighted by molar-refractivity contribution is -0.126. The fourth-order valence-electron chi connectivity index (χ4n) is 9.05. The van der Waals surface area contributed by atoms with Gasteiger partial charge in [-0.15, -0.1) is 5.10 Å². The number of pyridine rings is 6. The van der Waals surface area contributed by atoms with Crippen LogP contribution >= 0.6 is 11.5 Å². The molecule has 0 aliphatic carbocycles. The minimum Gasteiger partial charge on any atom is -0.486 e. The van der Waals surface area contributed by atoms with Crippen LogP contribution in [0.15, 0.2) is 79.5 Å². The molecule has 1 N–H and O–H groups in total. The van der Waals surface area contributed by atoms with E-state index in [0.717, 1.165) is 21.3 Å². The number of nitrogens with zero attached hydrogens (tertiary/aromatic N) is 9. The number of benzene rings is 1. The molecule has 1 atom stereocenters. The quantitative estimate of drug-likeness (QED) is 0.179. The third kappa shape index (κ3) is 6.44. The predicted octanol–water partition coefficient (Wildman–Crippen LogP) is 6.89. The van der Waals surface area contributed by atoms with Gasteiger partial charge in [0.25, 0.3) is 17.7 Å². The van der Waals surface area contributed by atoms with Crippen molar-refractivity contribution in [2.75, 3.05) is 57.8 Å². The van der Waals surface area contributed by atoms with Crippen molar-refractivity contribution in [3.05, 3.63) is 91.3 Å². The molecule has 13 heterocycles. The number of hydrogen-bond acceptors (Lipinski definition) is 19. The predicted molar refractivity (Wildman–Crippen MR) is 244 cm³/mol. The van der Waals surface area contributed by atoms with Crippen LogP contribution < -0.4 is 47.5 Å². The maximum absolute atomic E-state index is 15.2. The van der Waals surface area contributed by atoms with E-state index in [-0.39, 0.29) is 48.8 Å². The summed E-state index contributed by atoms with van der Waals surface area (Å²) in [6.07, 6.45) is 6.94. The van der Waals surface area contributed by atoms with Crippen LogP contribution in [0.5, 0.6) is 52.1 Å². The summed E-state index contributed by atoms with van der Waals surface area (Å²) in [6.45, 7) is 2.51. The van der Waals surface area contributed by atoms with Gasteiger partial charge < -0.3 is 47.6 Å². The zero-order valence-corrected chi connectivity index (χ0v) is 36.6. The topological polar surface area (TPSA) is 222 Å². The van der Waals surface area contributed by atoms with Crippen LogP contribution in [0.1, 0.15) is 11.8 Å². The van der Waals surface area contributed by atoms with Crippen molar-refractivity contribution in [3.63, 3.8) is 0 Å². The Bertz CT molecular complexity index is 3610. The first-order chi connectivity index (χ1) is 34.1. The highest BCUT2D eigenvalue weighted by Gasteiger charge is 2.42. The number of carbonyl (C=O) groups is 1. The largest absolute Gasteiger partial charge is 0.486 e. The van der Waals surface area contributed by atoms with Gasteiger partial charge in [0.15, 0.2) is 39.3 Å². The number of fused-ring (bicyclic) bond motifs is 7. The zero-order valence-electron chi connectivity index (χ0n) is 35.8. The molecule has 69 heavy (non-hydrogen) atoms. The minimum atomic E-state index is -1.25. The van der Waals surface area contributed by atoms with Gasteiger partial charge in [0.2, 0.25) is 12.0 Å². The number of anilines is 2. The molecule has 0 fully saturated rings. The molecule has 1 aromatic carbocycles. The van der Waals surface area contributed by atoms with Gasteiger partial charge in [-0.25, -0.2) is 24.9 Å². The molecule has 0 bridgehead atoms. The molecule has 0 spiro atoms. The van der Waals surface area contributed by atoms with Crippen molar-refractivity contribution in [2.45, 2.75) is 6.10 Å². The number of hydrogen-bond donors (Lipinski definition) is 1. The number of aromatic nitrogens is 9. The molecule has 8 aromatic heterocycles.